The number of carbonyl (C=O) groups is 3. The van der Waals surface area contributed by atoms with E-state index in [4.69, 9.17) is 9.84 Å². The molecule has 0 aliphatic heterocycles. The lowest BCUT2D eigenvalue weighted by atomic mass is 9.98. The third kappa shape index (κ3) is 6.40. The van der Waals surface area contributed by atoms with Crippen LogP contribution in [-0.2, 0) is 9.53 Å². The monoisotopic (exact) mass is 351 g/mol. The summed E-state index contributed by atoms with van der Waals surface area (Å²) in [6, 6.07) is 1.91. The molecule has 0 saturated carbocycles. The summed E-state index contributed by atoms with van der Waals surface area (Å²) in [6.07, 6.45) is 1.29. The van der Waals surface area contributed by atoms with Gasteiger partial charge in [-0.3, -0.25) is 4.79 Å². The Morgan fingerprint density at radius 1 is 1.32 bits per heavy atom. The molecule has 25 heavy (non-hydrogen) atoms. The van der Waals surface area contributed by atoms with Gasteiger partial charge in [0.05, 0.1) is 0 Å². The number of carboxylic acids is 1. The van der Waals surface area contributed by atoms with E-state index in [1.54, 1.807) is 27.7 Å². The second-order valence-electron chi connectivity index (χ2n) is 6.70. The molecule has 0 aliphatic rings. The lowest BCUT2D eigenvalue weighted by Gasteiger charge is -2.26. The van der Waals surface area contributed by atoms with Crippen LogP contribution < -0.4 is 10.6 Å². The Balaban J connectivity index is 2.95. The topological polar surface area (TPSA) is 118 Å². The molecule has 8 nitrogen and oxygen atoms in total. The van der Waals surface area contributed by atoms with Crippen LogP contribution >= 0.6 is 0 Å². The molecule has 0 bridgehead atoms. The molecule has 0 aromatic carbocycles. The van der Waals surface area contributed by atoms with Crippen LogP contribution in [0.15, 0.2) is 18.3 Å². The first-order chi connectivity index (χ1) is 11.5. The largest absolute Gasteiger partial charge is 0.478 e. The number of rotatable bonds is 6. The van der Waals surface area contributed by atoms with Crippen molar-refractivity contribution in [3.63, 3.8) is 0 Å². The fraction of sp³-hybridized carbons (Fsp3) is 0.529. The van der Waals surface area contributed by atoms with Crippen LogP contribution in [0.25, 0.3) is 0 Å². The van der Waals surface area contributed by atoms with Crippen LogP contribution in [-0.4, -0.2) is 39.7 Å². The van der Waals surface area contributed by atoms with Crippen molar-refractivity contribution in [3.8, 4) is 0 Å². The van der Waals surface area contributed by atoms with Crippen molar-refractivity contribution >= 4 is 23.8 Å². The number of aromatic carboxylic acids is 1. The summed E-state index contributed by atoms with van der Waals surface area (Å²) >= 11 is 0. The van der Waals surface area contributed by atoms with E-state index in [2.05, 4.69) is 15.6 Å². The van der Waals surface area contributed by atoms with Crippen LogP contribution in [0.2, 0.25) is 0 Å². The van der Waals surface area contributed by atoms with E-state index in [0.29, 0.717) is 6.42 Å². The first-order valence-electron chi connectivity index (χ1n) is 8.03. The van der Waals surface area contributed by atoms with E-state index in [-0.39, 0.29) is 17.3 Å². The van der Waals surface area contributed by atoms with Gasteiger partial charge in [-0.05, 0) is 38.8 Å². The number of ether oxygens (including phenoxy) is 1. The van der Waals surface area contributed by atoms with Gasteiger partial charge in [0.15, 0.2) is 0 Å². The summed E-state index contributed by atoms with van der Waals surface area (Å²) in [7, 11) is 0. The average Bonchev–Trinajstić information content (AvgIpc) is 2.50. The molecule has 1 heterocycles. The molecule has 138 valence electrons. The predicted octanol–water partition coefficient (Wildman–Crippen LogP) is 2.66. The maximum absolute atomic E-state index is 12.6. The third-order valence-corrected chi connectivity index (χ3v) is 3.45. The number of hydrogen-bond acceptors (Lipinski definition) is 5. The van der Waals surface area contributed by atoms with Gasteiger partial charge >= 0.3 is 12.1 Å². The predicted molar refractivity (Wildman–Crippen MR) is 92.4 cm³/mol. The minimum absolute atomic E-state index is 0.0701. The number of pyridine rings is 1. The van der Waals surface area contributed by atoms with Crippen molar-refractivity contribution in [1.29, 1.82) is 0 Å². The van der Waals surface area contributed by atoms with Gasteiger partial charge in [-0.25, -0.2) is 14.6 Å². The molecule has 2 amide bonds. The lowest BCUT2D eigenvalue weighted by Crippen LogP contribution is -2.49. The molecule has 8 heteroatoms. The molecule has 0 saturated heterocycles. The Morgan fingerprint density at radius 2 is 1.96 bits per heavy atom. The quantitative estimate of drug-likeness (QED) is 0.725. The van der Waals surface area contributed by atoms with Crippen molar-refractivity contribution in [3.05, 3.63) is 23.9 Å². The minimum Gasteiger partial charge on any atom is -0.478 e. The van der Waals surface area contributed by atoms with Crippen LogP contribution in [0.1, 0.15) is 51.4 Å². The molecule has 1 unspecified atom stereocenters. The number of carboxylic acid groups (broad SMARTS) is 1. The van der Waals surface area contributed by atoms with Crippen LogP contribution in [0.4, 0.5) is 10.6 Å². The van der Waals surface area contributed by atoms with Gasteiger partial charge in [-0.2, -0.15) is 0 Å². The summed E-state index contributed by atoms with van der Waals surface area (Å²) in [5.41, 5.74) is -0.825. The Hall–Kier alpha value is -2.64. The Morgan fingerprint density at radius 3 is 2.48 bits per heavy atom. The summed E-state index contributed by atoms with van der Waals surface area (Å²) < 4.78 is 5.19. The highest BCUT2D eigenvalue weighted by Crippen LogP contribution is 2.15. The first-order valence-corrected chi connectivity index (χ1v) is 8.03. The normalized spacial score (nSPS) is 13.5. The lowest BCUT2D eigenvalue weighted by molar-refractivity contribution is -0.119. The number of amides is 2. The first kappa shape index (κ1) is 20.4. The summed E-state index contributed by atoms with van der Waals surface area (Å²) in [5, 5.41) is 14.2. The van der Waals surface area contributed by atoms with E-state index in [1.165, 1.54) is 18.3 Å². The summed E-state index contributed by atoms with van der Waals surface area (Å²) in [4.78, 5) is 39.7. The van der Waals surface area contributed by atoms with E-state index in [0.717, 1.165) is 0 Å². The van der Waals surface area contributed by atoms with Crippen molar-refractivity contribution in [1.82, 2.24) is 10.3 Å². The van der Waals surface area contributed by atoms with Gasteiger partial charge in [0.25, 0.3) is 0 Å². The smallest absolute Gasteiger partial charge is 0.408 e. The van der Waals surface area contributed by atoms with Gasteiger partial charge in [-0.1, -0.05) is 20.3 Å². The van der Waals surface area contributed by atoms with E-state index < -0.39 is 29.6 Å². The highest BCUT2D eigenvalue weighted by molar-refractivity contribution is 6.01. The second kappa shape index (κ2) is 8.46. The van der Waals surface area contributed by atoms with Crippen molar-refractivity contribution in [2.24, 2.45) is 5.92 Å². The number of nitrogens with zero attached hydrogens (tertiary/aromatic N) is 1. The molecule has 1 aromatic heterocycles. The number of hydrogen-bond donors (Lipinski definition) is 3. The molecule has 0 aliphatic carbocycles. The molecule has 2 atom stereocenters. The molecule has 1 rings (SSSR count). The SMILES string of the molecule is CCC(C)[C@H](NC(=O)OC(C)(C)C)C(=O)Nc1ncccc1C(=O)O. The van der Waals surface area contributed by atoms with E-state index in [1.807, 2.05) is 6.92 Å². The van der Waals surface area contributed by atoms with Crippen LogP contribution in [0.3, 0.4) is 0 Å². The van der Waals surface area contributed by atoms with Crippen LogP contribution in [0.5, 0.6) is 0 Å². The maximum Gasteiger partial charge on any atom is 0.408 e. The zero-order valence-electron chi connectivity index (χ0n) is 15.1. The average molecular weight is 351 g/mol. The highest BCUT2D eigenvalue weighted by Gasteiger charge is 2.29. The van der Waals surface area contributed by atoms with Gasteiger partial charge in [0.1, 0.15) is 23.0 Å². The Labute approximate surface area is 147 Å². The van der Waals surface area contributed by atoms with Gasteiger partial charge in [-0.15, -0.1) is 0 Å². The molecule has 0 fully saturated rings. The number of alkyl carbamates (subject to hydrolysis) is 1. The maximum atomic E-state index is 12.6. The van der Waals surface area contributed by atoms with Crippen molar-refractivity contribution < 1.29 is 24.2 Å². The summed E-state index contributed by atoms with van der Waals surface area (Å²) in [5.74, 6) is -2.02. The Kier molecular flexibility index (Phi) is 6.90. The number of anilines is 1. The molecule has 3 N–H and O–H groups in total. The highest BCUT2D eigenvalue weighted by atomic mass is 16.6. The molecule has 1 aromatic rings. The third-order valence-electron chi connectivity index (χ3n) is 3.45. The molecule has 0 radical (unpaired) electrons. The zero-order valence-corrected chi connectivity index (χ0v) is 15.1. The minimum atomic E-state index is -1.21. The van der Waals surface area contributed by atoms with Crippen molar-refractivity contribution in [2.45, 2.75) is 52.7 Å². The number of nitrogens with one attached hydrogen (secondary N) is 2. The molecular weight excluding hydrogens is 326 g/mol. The number of aromatic nitrogens is 1. The fourth-order valence-corrected chi connectivity index (χ4v) is 2.01. The van der Waals surface area contributed by atoms with E-state index in [9.17, 15) is 14.4 Å². The van der Waals surface area contributed by atoms with Crippen molar-refractivity contribution in [2.75, 3.05) is 5.32 Å². The summed E-state index contributed by atoms with van der Waals surface area (Å²) in [6.45, 7) is 8.84. The van der Waals surface area contributed by atoms with Gasteiger partial charge < -0.3 is 20.5 Å². The van der Waals surface area contributed by atoms with Gasteiger partial charge in [0.2, 0.25) is 5.91 Å². The van der Waals surface area contributed by atoms with Crippen LogP contribution in [0, 0.1) is 5.92 Å². The zero-order chi connectivity index (χ0) is 19.2. The van der Waals surface area contributed by atoms with Gasteiger partial charge in [0, 0.05) is 6.20 Å². The second-order valence-corrected chi connectivity index (χ2v) is 6.70. The Bertz CT molecular complexity index is 639. The molecule has 0 spiro atoms. The number of carbonyl (C=O) groups excluding carboxylic acids is 2. The molecular formula is C17H25N3O5. The van der Waals surface area contributed by atoms with E-state index >= 15 is 0 Å². The standard InChI is InChI=1S/C17H25N3O5/c1-6-10(2)12(19-16(24)25-17(3,4)5)14(21)20-13-11(15(22)23)8-7-9-18-13/h7-10,12H,6H2,1-5H3,(H,19,24)(H,22,23)(H,18,20,21)/t10?,12-/m0/s1. The fourth-order valence-electron chi connectivity index (χ4n) is 2.01.